The summed E-state index contributed by atoms with van der Waals surface area (Å²) in [5, 5.41) is 4.56. The molecule has 0 aliphatic heterocycles. The maximum absolute atomic E-state index is 11.8. The third-order valence-corrected chi connectivity index (χ3v) is 5.54. The van der Waals surface area contributed by atoms with Crippen molar-refractivity contribution >= 4 is 30.8 Å². The topological polar surface area (TPSA) is 87.0 Å². The fourth-order valence-corrected chi connectivity index (χ4v) is 3.85. The van der Waals surface area contributed by atoms with Gasteiger partial charge in [-0.2, -0.15) is 5.10 Å². The van der Waals surface area contributed by atoms with Crippen molar-refractivity contribution in [3.63, 3.8) is 0 Å². The van der Waals surface area contributed by atoms with Crippen LogP contribution in [0.1, 0.15) is 31.7 Å². The van der Waals surface area contributed by atoms with Gasteiger partial charge in [0, 0.05) is 17.7 Å². The summed E-state index contributed by atoms with van der Waals surface area (Å²) in [7, 11) is 3.50. The average Bonchev–Trinajstić information content (AvgIpc) is 2.91. The molecule has 0 atom stereocenters. The van der Waals surface area contributed by atoms with Crippen LogP contribution in [0.3, 0.4) is 0 Å². The zero-order chi connectivity index (χ0) is 19.8. The van der Waals surface area contributed by atoms with Gasteiger partial charge in [-0.3, -0.25) is 4.68 Å². The molecule has 0 spiro atoms. The predicted molar refractivity (Wildman–Crippen MR) is 105 cm³/mol. The summed E-state index contributed by atoms with van der Waals surface area (Å²) < 4.78 is 31.0. The molecule has 1 aromatic carbocycles. The van der Waals surface area contributed by atoms with E-state index >= 15 is 0 Å². The van der Waals surface area contributed by atoms with Crippen LogP contribution in [0.25, 0.3) is 22.4 Å². The van der Waals surface area contributed by atoms with Gasteiger partial charge in [0.1, 0.15) is 16.8 Å². The van der Waals surface area contributed by atoms with E-state index < -0.39 is 9.05 Å². The van der Waals surface area contributed by atoms with Crippen LogP contribution in [0.15, 0.2) is 23.1 Å². The molecule has 0 aliphatic carbocycles. The molecule has 27 heavy (non-hydrogen) atoms. The molecule has 0 bridgehead atoms. The summed E-state index contributed by atoms with van der Waals surface area (Å²) in [5.41, 5.74) is 3.76. The smallest absolute Gasteiger partial charge is 0.261 e. The molecule has 3 aromatic rings. The van der Waals surface area contributed by atoms with Gasteiger partial charge in [0.15, 0.2) is 5.82 Å². The monoisotopic (exact) mass is 408 g/mol. The Balaban J connectivity index is 2.29. The molecule has 0 fully saturated rings. The maximum atomic E-state index is 11.8. The fourth-order valence-electron chi connectivity index (χ4n) is 3.08. The van der Waals surface area contributed by atoms with Gasteiger partial charge in [-0.1, -0.05) is 13.3 Å². The Bertz CT molecular complexity index is 1110. The molecule has 144 valence electrons. The first kappa shape index (κ1) is 19.6. The van der Waals surface area contributed by atoms with Crippen molar-refractivity contribution in [3.05, 3.63) is 29.6 Å². The normalized spacial score (nSPS) is 11.9. The van der Waals surface area contributed by atoms with Crippen LogP contribution < -0.4 is 4.74 Å². The molecule has 0 radical (unpaired) electrons. The van der Waals surface area contributed by atoms with E-state index in [9.17, 15) is 8.42 Å². The minimum Gasteiger partial charge on any atom is -0.493 e. The zero-order valence-electron chi connectivity index (χ0n) is 15.7. The highest BCUT2D eigenvalue weighted by Gasteiger charge is 2.20. The van der Waals surface area contributed by atoms with Crippen molar-refractivity contribution in [3.8, 4) is 17.1 Å². The average molecular weight is 409 g/mol. The van der Waals surface area contributed by atoms with Gasteiger partial charge in [0.25, 0.3) is 9.05 Å². The standard InChI is InChI=1S/C18H21ClN4O3S/c1-5-7-14-16-17(23(4)22-14)11(3)20-18(21-16)13-10-12(27(19,24)25)8-9-15(13)26-6-2/h8-10H,5-7H2,1-4H3. The Morgan fingerprint density at radius 3 is 2.59 bits per heavy atom. The van der Waals surface area contributed by atoms with E-state index in [0.29, 0.717) is 23.7 Å². The molecule has 2 aromatic heterocycles. The Hall–Kier alpha value is -2.19. The molecule has 9 heteroatoms. The first-order valence-electron chi connectivity index (χ1n) is 8.68. The van der Waals surface area contributed by atoms with Crippen molar-refractivity contribution in [1.29, 1.82) is 0 Å². The largest absolute Gasteiger partial charge is 0.493 e. The van der Waals surface area contributed by atoms with E-state index in [1.165, 1.54) is 12.1 Å². The number of fused-ring (bicyclic) bond motifs is 1. The molecule has 3 rings (SSSR count). The lowest BCUT2D eigenvalue weighted by Crippen LogP contribution is -2.01. The zero-order valence-corrected chi connectivity index (χ0v) is 17.2. The molecular formula is C18H21ClN4O3S. The van der Waals surface area contributed by atoms with Gasteiger partial charge in [-0.15, -0.1) is 0 Å². The molecular weight excluding hydrogens is 388 g/mol. The molecule has 0 unspecified atom stereocenters. The molecule has 0 amide bonds. The molecule has 0 aliphatic rings. The molecule has 0 saturated heterocycles. The quantitative estimate of drug-likeness (QED) is 0.579. The third kappa shape index (κ3) is 3.77. The van der Waals surface area contributed by atoms with Gasteiger partial charge in [0.2, 0.25) is 0 Å². The van der Waals surface area contributed by atoms with E-state index in [4.69, 9.17) is 20.4 Å². The highest BCUT2D eigenvalue weighted by Crippen LogP contribution is 2.33. The van der Waals surface area contributed by atoms with Gasteiger partial charge in [-0.05, 0) is 38.5 Å². The van der Waals surface area contributed by atoms with Gasteiger partial charge < -0.3 is 4.74 Å². The minimum atomic E-state index is -3.89. The van der Waals surface area contributed by atoms with Crippen molar-refractivity contribution in [2.75, 3.05) is 6.61 Å². The number of benzene rings is 1. The van der Waals surface area contributed by atoms with E-state index in [1.807, 2.05) is 20.9 Å². The highest BCUT2D eigenvalue weighted by atomic mass is 35.7. The summed E-state index contributed by atoms with van der Waals surface area (Å²) in [4.78, 5) is 9.26. The summed E-state index contributed by atoms with van der Waals surface area (Å²) in [5.74, 6) is 0.886. The third-order valence-electron chi connectivity index (χ3n) is 4.19. The lowest BCUT2D eigenvalue weighted by molar-refractivity contribution is 0.341. The van der Waals surface area contributed by atoms with Crippen molar-refractivity contribution in [1.82, 2.24) is 19.7 Å². The minimum absolute atomic E-state index is 0.0241. The summed E-state index contributed by atoms with van der Waals surface area (Å²) in [6.07, 6.45) is 1.73. The Morgan fingerprint density at radius 2 is 1.96 bits per heavy atom. The van der Waals surface area contributed by atoms with Crippen molar-refractivity contribution in [2.45, 2.75) is 38.5 Å². The Labute approximate surface area is 162 Å². The molecule has 0 N–H and O–H groups in total. The van der Waals surface area contributed by atoms with Crippen LogP contribution in [-0.4, -0.2) is 34.8 Å². The second-order valence-electron chi connectivity index (χ2n) is 6.18. The lowest BCUT2D eigenvalue weighted by atomic mass is 10.1. The van der Waals surface area contributed by atoms with Crippen molar-refractivity contribution < 1.29 is 13.2 Å². The van der Waals surface area contributed by atoms with Crippen LogP contribution >= 0.6 is 10.7 Å². The van der Waals surface area contributed by atoms with Crippen LogP contribution in [0.2, 0.25) is 0 Å². The number of ether oxygens (including phenoxy) is 1. The van der Waals surface area contributed by atoms with Crippen LogP contribution in [-0.2, 0) is 22.5 Å². The molecule has 7 nitrogen and oxygen atoms in total. The number of hydrogen-bond acceptors (Lipinski definition) is 6. The second-order valence-corrected chi connectivity index (χ2v) is 8.74. The van der Waals surface area contributed by atoms with Crippen LogP contribution in [0, 0.1) is 6.92 Å². The SMILES string of the molecule is CCCc1nn(C)c2c(C)nc(-c3cc(S(=O)(=O)Cl)ccc3OCC)nc12. The van der Waals surface area contributed by atoms with Gasteiger partial charge >= 0.3 is 0 Å². The first-order valence-corrected chi connectivity index (χ1v) is 11.0. The molecule has 0 saturated carbocycles. The van der Waals surface area contributed by atoms with Crippen LogP contribution in [0.4, 0.5) is 0 Å². The summed E-state index contributed by atoms with van der Waals surface area (Å²) >= 11 is 0. The van der Waals surface area contributed by atoms with E-state index in [0.717, 1.165) is 35.3 Å². The van der Waals surface area contributed by atoms with Crippen LogP contribution in [0.5, 0.6) is 5.75 Å². The molecule has 2 heterocycles. The number of hydrogen-bond donors (Lipinski definition) is 0. The number of halogens is 1. The van der Waals surface area contributed by atoms with Gasteiger partial charge in [-0.25, -0.2) is 18.4 Å². The van der Waals surface area contributed by atoms with E-state index in [1.54, 1.807) is 10.7 Å². The Morgan fingerprint density at radius 1 is 1.22 bits per heavy atom. The number of aromatic nitrogens is 4. The maximum Gasteiger partial charge on any atom is 0.261 e. The fraction of sp³-hybridized carbons (Fsp3) is 0.389. The van der Waals surface area contributed by atoms with Gasteiger partial charge in [0.05, 0.1) is 28.5 Å². The number of rotatable bonds is 6. The van der Waals surface area contributed by atoms with E-state index in [2.05, 4.69) is 17.0 Å². The number of nitrogens with zero attached hydrogens (tertiary/aromatic N) is 4. The van der Waals surface area contributed by atoms with E-state index in [-0.39, 0.29) is 4.90 Å². The summed E-state index contributed by atoms with van der Waals surface area (Å²) in [6, 6.07) is 4.44. The first-order chi connectivity index (χ1) is 12.8. The predicted octanol–water partition coefficient (Wildman–Crippen LogP) is 3.62. The highest BCUT2D eigenvalue weighted by molar-refractivity contribution is 8.13. The number of aryl methyl sites for hydroxylation is 3. The lowest BCUT2D eigenvalue weighted by Gasteiger charge is -2.11. The van der Waals surface area contributed by atoms with Crippen molar-refractivity contribution in [2.24, 2.45) is 7.05 Å². The Kier molecular flexibility index (Phi) is 5.39. The second kappa shape index (κ2) is 7.44. The summed E-state index contributed by atoms with van der Waals surface area (Å²) in [6.45, 7) is 6.24.